The molecule has 0 atom stereocenters. The molecule has 0 aromatic carbocycles. The van der Waals surface area contributed by atoms with E-state index in [4.69, 9.17) is 16.9 Å². The van der Waals surface area contributed by atoms with E-state index < -0.39 is 6.43 Å². The Morgan fingerprint density at radius 2 is 2.29 bits per heavy atom. The van der Waals surface area contributed by atoms with Gasteiger partial charge in [0, 0.05) is 17.3 Å². The number of pyridine rings is 1. The number of nitriles is 1. The Morgan fingerprint density at radius 3 is 2.71 bits per heavy atom. The number of halogens is 4. The molecular formula is C8H4BrClF2N2. The van der Waals surface area contributed by atoms with Gasteiger partial charge in [-0.1, -0.05) is 0 Å². The Kier molecular flexibility index (Phi) is 3.78. The largest absolute Gasteiger partial charge is 0.265 e. The zero-order chi connectivity index (χ0) is 10.7. The molecule has 1 rings (SSSR count). The second-order valence-electron chi connectivity index (χ2n) is 2.40. The van der Waals surface area contributed by atoms with Gasteiger partial charge in [0.1, 0.15) is 10.7 Å². The minimum atomic E-state index is -2.72. The molecule has 0 aliphatic carbocycles. The minimum Gasteiger partial charge on any atom is -0.248 e. The lowest BCUT2D eigenvalue weighted by molar-refractivity contribution is 0.150. The number of hydrogen-bond acceptors (Lipinski definition) is 2. The average molecular weight is 281 g/mol. The summed E-state index contributed by atoms with van der Waals surface area (Å²) in [4.78, 5) is 3.74. The van der Waals surface area contributed by atoms with Crippen molar-refractivity contribution in [3.8, 4) is 6.07 Å². The molecule has 0 unspecified atom stereocenters. The highest BCUT2D eigenvalue weighted by molar-refractivity contribution is 9.10. The van der Waals surface area contributed by atoms with Gasteiger partial charge in [0.15, 0.2) is 0 Å². The van der Waals surface area contributed by atoms with Gasteiger partial charge < -0.3 is 0 Å². The number of aromatic nitrogens is 1. The van der Waals surface area contributed by atoms with E-state index in [1.807, 2.05) is 0 Å². The Hall–Kier alpha value is -0.730. The van der Waals surface area contributed by atoms with Gasteiger partial charge in [-0.25, -0.2) is 13.8 Å². The van der Waals surface area contributed by atoms with Crippen LogP contribution in [0.2, 0.25) is 0 Å². The molecule has 0 aliphatic heterocycles. The van der Waals surface area contributed by atoms with Gasteiger partial charge in [-0.3, -0.25) is 0 Å². The van der Waals surface area contributed by atoms with E-state index in [-0.39, 0.29) is 27.2 Å². The first-order valence-electron chi connectivity index (χ1n) is 3.53. The molecular weight excluding hydrogens is 277 g/mol. The maximum Gasteiger partial charge on any atom is 0.265 e. The Bertz CT molecular complexity index is 390. The maximum atomic E-state index is 12.6. The highest BCUT2D eigenvalue weighted by atomic mass is 79.9. The standard InChI is InChI=1S/C8H4BrClF2N2/c9-7-5(1-10)6(8(11)12)4(2-13)3-14-7/h3,8H,1H2. The van der Waals surface area contributed by atoms with Crippen molar-refractivity contribution in [2.75, 3.05) is 0 Å². The molecule has 14 heavy (non-hydrogen) atoms. The summed E-state index contributed by atoms with van der Waals surface area (Å²) in [6, 6.07) is 1.66. The fourth-order valence-corrected chi connectivity index (χ4v) is 1.90. The van der Waals surface area contributed by atoms with Crippen molar-refractivity contribution in [3.63, 3.8) is 0 Å². The van der Waals surface area contributed by atoms with Crippen LogP contribution in [0.15, 0.2) is 10.8 Å². The molecule has 1 heterocycles. The van der Waals surface area contributed by atoms with Crippen LogP contribution in [0.4, 0.5) is 8.78 Å². The molecule has 0 spiro atoms. The molecule has 0 N–H and O–H groups in total. The van der Waals surface area contributed by atoms with Crippen molar-refractivity contribution in [1.29, 1.82) is 5.26 Å². The van der Waals surface area contributed by atoms with Crippen LogP contribution in [0, 0.1) is 11.3 Å². The SMILES string of the molecule is N#Cc1cnc(Br)c(CCl)c1C(F)F. The Morgan fingerprint density at radius 1 is 1.64 bits per heavy atom. The Balaban J connectivity index is 3.46. The molecule has 1 aromatic rings. The molecule has 6 heteroatoms. The maximum absolute atomic E-state index is 12.6. The van der Waals surface area contributed by atoms with Gasteiger partial charge in [0.2, 0.25) is 0 Å². The third-order valence-corrected chi connectivity index (χ3v) is 2.59. The summed E-state index contributed by atoms with van der Waals surface area (Å²) in [6.07, 6.45) is -1.63. The molecule has 0 saturated heterocycles. The predicted molar refractivity (Wildman–Crippen MR) is 51.2 cm³/mol. The fraction of sp³-hybridized carbons (Fsp3) is 0.250. The second-order valence-corrected chi connectivity index (χ2v) is 3.42. The van der Waals surface area contributed by atoms with Crippen molar-refractivity contribution in [2.24, 2.45) is 0 Å². The van der Waals surface area contributed by atoms with Crippen LogP contribution >= 0.6 is 27.5 Å². The average Bonchev–Trinajstić information content (AvgIpc) is 2.17. The first-order chi connectivity index (χ1) is 6.61. The minimum absolute atomic E-state index is 0.108. The van der Waals surface area contributed by atoms with E-state index >= 15 is 0 Å². The van der Waals surface area contributed by atoms with E-state index in [2.05, 4.69) is 20.9 Å². The van der Waals surface area contributed by atoms with Gasteiger partial charge in [-0.2, -0.15) is 5.26 Å². The third-order valence-electron chi connectivity index (χ3n) is 1.64. The lowest BCUT2D eigenvalue weighted by Gasteiger charge is -2.08. The molecule has 0 fully saturated rings. The normalized spacial score (nSPS) is 10.3. The zero-order valence-electron chi connectivity index (χ0n) is 6.77. The number of hydrogen-bond donors (Lipinski definition) is 0. The van der Waals surface area contributed by atoms with Crippen LogP contribution in [0.3, 0.4) is 0 Å². The summed E-state index contributed by atoms with van der Waals surface area (Å²) in [5, 5.41) is 8.60. The van der Waals surface area contributed by atoms with Gasteiger partial charge in [-0.05, 0) is 15.9 Å². The summed E-state index contributed by atoms with van der Waals surface area (Å²) >= 11 is 8.50. The second kappa shape index (κ2) is 4.67. The lowest BCUT2D eigenvalue weighted by Crippen LogP contribution is -2.00. The first-order valence-corrected chi connectivity index (χ1v) is 4.86. The van der Waals surface area contributed by atoms with Crippen molar-refractivity contribution in [3.05, 3.63) is 27.5 Å². The van der Waals surface area contributed by atoms with Crippen molar-refractivity contribution < 1.29 is 8.78 Å². The number of alkyl halides is 3. The van der Waals surface area contributed by atoms with E-state index in [0.29, 0.717) is 0 Å². The summed E-state index contributed by atoms with van der Waals surface area (Å²) in [5.41, 5.74) is -0.316. The molecule has 2 nitrogen and oxygen atoms in total. The predicted octanol–water partition coefficient (Wildman–Crippen LogP) is 3.39. The lowest BCUT2D eigenvalue weighted by atomic mass is 10.1. The zero-order valence-corrected chi connectivity index (χ0v) is 9.11. The van der Waals surface area contributed by atoms with E-state index in [1.54, 1.807) is 6.07 Å². The molecule has 0 amide bonds. The monoisotopic (exact) mass is 280 g/mol. The van der Waals surface area contributed by atoms with E-state index in [1.165, 1.54) is 0 Å². The van der Waals surface area contributed by atoms with Crippen molar-refractivity contribution in [1.82, 2.24) is 4.98 Å². The molecule has 1 aromatic heterocycles. The van der Waals surface area contributed by atoms with E-state index in [0.717, 1.165) is 6.20 Å². The summed E-state index contributed by atoms with van der Waals surface area (Å²) < 4.78 is 25.4. The topological polar surface area (TPSA) is 36.7 Å². The van der Waals surface area contributed by atoms with Gasteiger partial charge in [-0.15, -0.1) is 11.6 Å². The van der Waals surface area contributed by atoms with Crippen molar-refractivity contribution in [2.45, 2.75) is 12.3 Å². The van der Waals surface area contributed by atoms with Crippen LogP contribution in [-0.4, -0.2) is 4.98 Å². The number of nitrogens with zero attached hydrogens (tertiary/aromatic N) is 2. The number of rotatable bonds is 2. The molecule has 0 saturated carbocycles. The smallest absolute Gasteiger partial charge is 0.248 e. The van der Waals surface area contributed by atoms with Crippen LogP contribution in [0.25, 0.3) is 0 Å². The Labute approximate surface area is 92.6 Å². The van der Waals surface area contributed by atoms with Gasteiger partial charge in [0.05, 0.1) is 11.4 Å². The van der Waals surface area contributed by atoms with Crippen LogP contribution in [0.1, 0.15) is 23.1 Å². The summed E-state index contributed by atoms with van der Waals surface area (Å²) in [7, 11) is 0. The molecule has 0 radical (unpaired) electrons. The van der Waals surface area contributed by atoms with Crippen LogP contribution < -0.4 is 0 Å². The van der Waals surface area contributed by atoms with Gasteiger partial charge >= 0.3 is 0 Å². The third kappa shape index (κ3) is 2.02. The summed E-state index contributed by atoms with van der Waals surface area (Å²) in [5.74, 6) is -0.108. The molecule has 0 bridgehead atoms. The van der Waals surface area contributed by atoms with Crippen molar-refractivity contribution >= 4 is 27.5 Å². The highest BCUT2D eigenvalue weighted by Gasteiger charge is 2.20. The van der Waals surface area contributed by atoms with Gasteiger partial charge in [0.25, 0.3) is 6.43 Å². The molecule has 0 aliphatic rings. The van der Waals surface area contributed by atoms with Crippen LogP contribution in [-0.2, 0) is 5.88 Å². The quantitative estimate of drug-likeness (QED) is 0.615. The van der Waals surface area contributed by atoms with Crippen LogP contribution in [0.5, 0.6) is 0 Å². The first kappa shape index (κ1) is 11.3. The fourth-order valence-electron chi connectivity index (χ4n) is 1.01. The molecule has 74 valence electrons. The highest BCUT2D eigenvalue weighted by Crippen LogP contribution is 2.31. The summed E-state index contributed by atoms with van der Waals surface area (Å²) in [6.45, 7) is 0. The van der Waals surface area contributed by atoms with E-state index in [9.17, 15) is 8.78 Å².